The largest absolute Gasteiger partial charge is 0.481 e. The van der Waals surface area contributed by atoms with Crippen molar-refractivity contribution < 1.29 is 14.7 Å². The fraction of sp³-hybridized carbons (Fsp3) is 0.500. The van der Waals surface area contributed by atoms with E-state index in [1.54, 1.807) is 0 Å². The summed E-state index contributed by atoms with van der Waals surface area (Å²) in [6.07, 6.45) is 5.91. The van der Waals surface area contributed by atoms with Crippen molar-refractivity contribution in [2.75, 3.05) is 31.5 Å². The summed E-state index contributed by atoms with van der Waals surface area (Å²) >= 11 is 0. The smallest absolute Gasteiger partial charge is 0.305 e. The van der Waals surface area contributed by atoms with E-state index in [1.807, 2.05) is 30.3 Å². The number of carboxylic acids is 1. The number of anilines is 1. The number of pyridine rings is 1. The van der Waals surface area contributed by atoms with Crippen molar-refractivity contribution in [2.24, 2.45) is 5.92 Å². The van der Waals surface area contributed by atoms with Gasteiger partial charge in [0.05, 0.1) is 18.4 Å². The van der Waals surface area contributed by atoms with Crippen LogP contribution in [-0.2, 0) is 22.4 Å². The van der Waals surface area contributed by atoms with E-state index in [9.17, 15) is 14.7 Å². The lowest BCUT2D eigenvalue weighted by atomic mass is 9.95. The van der Waals surface area contributed by atoms with Gasteiger partial charge in [-0.1, -0.05) is 36.4 Å². The molecule has 1 amide bonds. The average Bonchev–Trinajstić information content (AvgIpc) is 2.84. The Morgan fingerprint density at radius 3 is 2.79 bits per heavy atom. The second-order valence-corrected chi connectivity index (χ2v) is 9.15. The lowest BCUT2D eigenvalue weighted by Crippen LogP contribution is -2.44. The maximum absolute atomic E-state index is 13.0. The Morgan fingerprint density at radius 1 is 1.18 bits per heavy atom. The summed E-state index contributed by atoms with van der Waals surface area (Å²) in [4.78, 5) is 31.5. The number of aromatic nitrogens is 1. The van der Waals surface area contributed by atoms with Crippen molar-refractivity contribution in [3.05, 3.63) is 59.3 Å². The van der Waals surface area contributed by atoms with E-state index in [2.05, 4.69) is 27.7 Å². The second-order valence-electron chi connectivity index (χ2n) is 9.15. The Kier molecular flexibility index (Phi) is 9.72. The van der Waals surface area contributed by atoms with Crippen LogP contribution in [0.2, 0.25) is 0 Å². The molecule has 0 bridgehead atoms. The number of carbonyl (C=O) groups excluding carboxylic acids is 1. The predicted molar refractivity (Wildman–Crippen MR) is 135 cm³/mol. The van der Waals surface area contributed by atoms with Crippen LogP contribution >= 0.6 is 12.4 Å². The van der Waals surface area contributed by atoms with Crippen LogP contribution in [0, 0.1) is 5.92 Å². The van der Waals surface area contributed by atoms with Crippen molar-refractivity contribution >= 4 is 30.1 Å². The Balaban J connectivity index is 0.00000324. The van der Waals surface area contributed by atoms with Gasteiger partial charge in [-0.05, 0) is 68.8 Å². The number of piperidine rings is 1. The van der Waals surface area contributed by atoms with Crippen molar-refractivity contribution in [1.29, 1.82) is 0 Å². The molecule has 2 aromatic rings. The molecule has 2 aliphatic rings. The molecule has 4 rings (SSSR count). The third-order valence-corrected chi connectivity index (χ3v) is 6.63. The van der Waals surface area contributed by atoms with E-state index < -0.39 is 12.0 Å². The first-order chi connectivity index (χ1) is 16.1. The summed E-state index contributed by atoms with van der Waals surface area (Å²) in [7, 11) is 0. The number of benzene rings is 1. The summed E-state index contributed by atoms with van der Waals surface area (Å²) in [5, 5.41) is 15.7. The van der Waals surface area contributed by atoms with Crippen molar-refractivity contribution in [3.8, 4) is 0 Å². The van der Waals surface area contributed by atoms with Crippen molar-refractivity contribution in [3.63, 3.8) is 0 Å². The zero-order valence-corrected chi connectivity index (χ0v) is 20.4. The lowest BCUT2D eigenvalue weighted by molar-refractivity contribution is -0.138. The molecule has 2 atom stereocenters. The highest BCUT2D eigenvalue weighted by Gasteiger charge is 2.28. The molecule has 1 aromatic heterocycles. The van der Waals surface area contributed by atoms with Gasteiger partial charge < -0.3 is 20.6 Å². The number of hydrogen-bond acceptors (Lipinski definition) is 5. The number of halogens is 1. The average molecular weight is 487 g/mol. The maximum atomic E-state index is 13.0. The molecule has 184 valence electrons. The van der Waals surface area contributed by atoms with Gasteiger partial charge in [0.1, 0.15) is 5.82 Å². The molecular weight excluding hydrogens is 452 g/mol. The van der Waals surface area contributed by atoms with E-state index in [4.69, 9.17) is 4.98 Å². The summed E-state index contributed by atoms with van der Waals surface area (Å²) < 4.78 is 0. The number of amides is 1. The van der Waals surface area contributed by atoms with Gasteiger partial charge in [-0.15, -0.1) is 12.4 Å². The molecule has 0 aliphatic carbocycles. The topological polar surface area (TPSA) is 94.6 Å². The minimum atomic E-state index is -0.916. The fourth-order valence-corrected chi connectivity index (χ4v) is 4.87. The van der Waals surface area contributed by atoms with Crippen molar-refractivity contribution in [2.45, 2.75) is 51.0 Å². The molecule has 1 fully saturated rings. The highest BCUT2D eigenvalue weighted by atomic mass is 35.5. The Bertz CT molecular complexity index is 956. The van der Waals surface area contributed by atoms with Crippen LogP contribution in [0.3, 0.4) is 0 Å². The van der Waals surface area contributed by atoms with Crippen LogP contribution in [0.15, 0.2) is 42.5 Å². The molecule has 0 saturated carbocycles. The number of carboxylic acid groups (broad SMARTS) is 1. The first kappa shape index (κ1) is 26.0. The number of fused-ring (bicyclic) bond motifs is 1. The van der Waals surface area contributed by atoms with Crippen LogP contribution in [-0.4, -0.2) is 53.0 Å². The van der Waals surface area contributed by atoms with E-state index in [0.29, 0.717) is 0 Å². The molecule has 3 N–H and O–H groups in total. The quantitative estimate of drug-likeness (QED) is 0.498. The SMILES string of the molecule is Cl.O=C(O)CC(NC(=O)[C@@H]1CCCN(CCCc2ccc3c(n2)NCCC3)C1)c1ccccc1. The van der Waals surface area contributed by atoms with Gasteiger partial charge in [-0.25, -0.2) is 4.98 Å². The highest BCUT2D eigenvalue weighted by molar-refractivity contribution is 5.85. The third kappa shape index (κ3) is 7.18. The summed E-state index contributed by atoms with van der Waals surface area (Å²) in [5.74, 6) is -0.0229. The first-order valence-corrected chi connectivity index (χ1v) is 12.1. The molecule has 1 aromatic carbocycles. The molecular formula is C26H35ClN4O3. The number of carbonyl (C=O) groups is 2. The zero-order valence-electron chi connectivity index (χ0n) is 19.5. The molecule has 0 radical (unpaired) electrons. The minimum Gasteiger partial charge on any atom is -0.481 e. The number of aliphatic carboxylic acids is 1. The molecule has 7 nitrogen and oxygen atoms in total. The molecule has 1 unspecified atom stereocenters. The number of nitrogens with one attached hydrogen (secondary N) is 2. The molecule has 1 saturated heterocycles. The lowest BCUT2D eigenvalue weighted by Gasteiger charge is -2.33. The Hall–Kier alpha value is -2.64. The van der Waals surface area contributed by atoms with Crippen molar-refractivity contribution in [1.82, 2.24) is 15.2 Å². The molecule has 3 heterocycles. The van der Waals surface area contributed by atoms with Gasteiger partial charge >= 0.3 is 5.97 Å². The molecule has 34 heavy (non-hydrogen) atoms. The summed E-state index contributed by atoms with van der Waals surface area (Å²) in [5.41, 5.74) is 3.26. The zero-order chi connectivity index (χ0) is 23.0. The van der Waals surface area contributed by atoms with Gasteiger partial charge in [0, 0.05) is 18.8 Å². The third-order valence-electron chi connectivity index (χ3n) is 6.63. The van der Waals surface area contributed by atoms with Gasteiger partial charge in [0.25, 0.3) is 0 Å². The first-order valence-electron chi connectivity index (χ1n) is 12.1. The van der Waals surface area contributed by atoms with Crippen LogP contribution < -0.4 is 10.6 Å². The van der Waals surface area contributed by atoms with E-state index in [1.165, 1.54) is 12.0 Å². The van der Waals surface area contributed by atoms with E-state index >= 15 is 0 Å². The van der Waals surface area contributed by atoms with Crippen LogP contribution in [0.5, 0.6) is 0 Å². The number of nitrogens with zero attached hydrogens (tertiary/aromatic N) is 2. The minimum absolute atomic E-state index is 0. The van der Waals surface area contributed by atoms with Gasteiger partial charge in [0.15, 0.2) is 0 Å². The highest BCUT2D eigenvalue weighted by Crippen LogP contribution is 2.23. The van der Waals surface area contributed by atoms with Crippen LogP contribution in [0.4, 0.5) is 5.82 Å². The van der Waals surface area contributed by atoms with Crippen LogP contribution in [0.1, 0.15) is 55.0 Å². The van der Waals surface area contributed by atoms with Gasteiger partial charge in [0.2, 0.25) is 5.91 Å². The number of rotatable bonds is 9. The summed E-state index contributed by atoms with van der Waals surface area (Å²) in [6, 6.07) is 13.2. The second kappa shape index (κ2) is 12.7. The number of aryl methyl sites for hydroxylation is 2. The van der Waals surface area contributed by atoms with Gasteiger partial charge in [-0.2, -0.15) is 0 Å². The number of likely N-dealkylation sites (tertiary alicyclic amines) is 1. The van der Waals surface area contributed by atoms with Gasteiger partial charge in [-0.3, -0.25) is 9.59 Å². The molecule has 0 spiro atoms. The predicted octanol–water partition coefficient (Wildman–Crippen LogP) is 3.84. The maximum Gasteiger partial charge on any atom is 0.305 e. The standard InChI is InChI=1S/C26H34N4O3.ClH/c31-24(32)17-23(19-7-2-1-3-8-19)29-26(33)21-10-5-15-30(18-21)16-6-11-22-13-12-20-9-4-14-27-25(20)28-22;/h1-3,7-8,12-13,21,23H,4-6,9-11,14-18H2,(H,27,28)(H,29,33)(H,31,32);1H/t21-,23?;/m1./s1. The summed E-state index contributed by atoms with van der Waals surface area (Å²) in [6.45, 7) is 3.66. The monoisotopic (exact) mass is 486 g/mol. The fourth-order valence-electron chi connectivity index (χ4n) is 4.87. The Labute approximate surface area is 207 Å². The van der Waals surface area contributed by atoms with E-state index in [-0.39, 0.29) is 30.7 Å². The molecule has 2 aliphatic heterocycles. The van der Waals surface area contributed by atoms with E-state index in [0.717, 1.165) is 75.4 Å². The Morgan fingerprint density at radius 2 is 2.00 bits per heavy atom. The number of hydrogen-bond donors (Lipinski definition) is 3. The normalized spacial score (nSPS) is 18.6. The molecule has 8 heteroatoms. The van der Waals surface area contributed by atoms with Crippen LogP contribution in [0.25, 0.3) is 0 Å².